The van der Waals surface area contributed by atoms with Crippen LogP contribution in [0, 0.1) is 13.8 Å². The Labute approximate surface area is 140 Å². The Morgan fingerprint density at radius 3 is 2.71 bits per heavy atom. The van der Waals surface area contributed by atoms with E-state index in [9.17, 15) is 4.79 Å². The van der Waals surface area contributed by atoms with Gasteiger partial charge in [0.2, 0.25) is 0 Å². The Hall–Kier alpha value is -2.70. The summed E-state index contributed by atoms with van der Waals surface area (Å²) in [6, 6.07) is 3.90. The monoisotopic (exact) mass is 327 g/mol. The molecule has 3 heterocycles. The van der Waals surface area contributed by atoms with Gasteiger partial charge in [0.05, 0.1) is 24.0 Å². The number of carbonyl (C=O) groups is 1. The summed E-state index contributed by atoms with van der Waals surface area (Å²) in [6.07, 6.45) is 1.75. The zero-order valence-corrected chi connectivity index (χ0v) is 14.6. The fourth-order valence-corrected chi connectivity index (χ4v) is 2.67. The van der Waals surface area contributed by atoms with Crippen LogP contribution in [0.15, 0.2) is 22.9 Å². The summed E-state index contributed by atoms with van der Waals surface area (Å²) < 4.78 is 6.91. The second-order valence-electron chi connectivity index (χ2n) is 6.31. The van der Waals surface area contributed by atoms with E-state index in [-0.39, 0.29) is 11.9 Å². The number of pyridine rings is 1. The van der Waals surface area contributed by atoms with E-state index >= 15 is 0 Å². The number of fused-ring (bicyclic) bond motifs is 1. The lowest BCUT2D eigenvalue weighted by Gasteiger charge is -2.17. The first-order chi connectivity index (χ1) is 11.4. The van der Waals surface area contributed by atoms with Gasteiger partial charge in [-0.1, -0.05) is 5.16 Å². The van der Waals surface area contributed by atoms with Crippen molar-refractivity contribution < 1.29 is 9.32 Å². The average Bonchev–Trinajstić information content (AvgIpc) is 3.11. The molecule has 3 aromatic heterocycles. The van der Waals surface area contributed by atoms with Crippen LogP contribution in [0.4, 0.5) is 0 Å². The lowest BCUT2D eigenvalue weighted by molar-refractivity contribution is 0.0781. The highest BCUT2D eigenvalue weighted by molar-refractivity contribution is 5.98. The molecule has 0 saturated carbocycles. The van der Waals surface area contributed by atoms with Gasteiger partial charge in [0.25, 0.3) is 5.91 Å². The number of nitrogens with zero attached hydrogens (tertiary/aromatic N) is 5. The van der Waals surface area contributed by atoms with E-state index in [1.807, 2.05) is 30.7 Å². The number of rotatable bonds is 4. The minimum Gasteiger partial charge on any atom is -0.361 e. The SMILES string of the molecule is Cc1cc(CN(C)C(=O)c2cc3cnn(C(C)C)c3nc2C)no1. The fraction of sp³-hybridized carbons (Fsp3) is 0.412. The molecule has 126 valence electrons. The molecule has 0 spiro atoms. The van der Waals surface area contributed by atoms with Crippen LogP contribution in [-0.4, -0.2) is 37.8 Å². The molecule has 0 bridgehead atoms. The molecule has 0 N–H and O–H groups in total. The molecular formula is C17H21N5O2. The third-order valence-corrected chi connectivity index (χ3v) is 3.90. The maximum Gasteiger partial charge on any atom is 0.255 e. The molecule has 0 aliphatic heterocycles. The fourth-order valence-electron chi connectivity index (χ4n) is 2.67. The van der Waals surface area contributed by atoms with Gasteiger partial charge in [-0.2, -0.15) is 5.10 Å². The van der Waals surface area contributed by atoms with Gasteiger partial charge in [0.15, 0.2) is 5.65 Å². The van der Waals surface area contributed by atoms with Gasteiger partial charge in [0.1, 0.15) is 11.5 Å². The number of hydrogen-bond acceptors (Lipinski definition) is 5. The Balaban J connectivity index is 1.90. The van der Waals surface area contributed by atoms with Crippen molar-refractivity contribution >= 4 is 16.9 Å². The summed E-state index contributed by atoms with van der Waals surface area (Å²) in [4.78, 5) is 19.0. The van der Waals surface area contributed by atoms with Gasteiger partial charge in [-0.05, 0) is 33.8 Å². The van der Waals surface area contributed by atoms with Crippen LogP contribution in [0.2, 0.25) is 0 Å². The summed E-state index contributed by atoms with van der Waals surface area (Å²) in [5.41, 5.74) is 2.79. The summed E-state index contributed by atoms with van der Waals surface area (Å²) >= 11 is 0. The zero-order chi connectivity index (χ0) is 17.4. The molecule has 3 aromatic rings. The van der Waals surface area contributed by atoms with Crippen LogP contribution in [-0.2, 0) is 6.54 Å². The molecule has 0 aliphatic rings. The molecule has 1 amide bonds. The van der Waals surface area contributed by atoms with E-state index < -0.39 is 0 Å². The number of aromatic nitrogens is 4. The third kappa shape index (κ3) is 2.89. The maximum absolute atomic E-state index is 12.8. The van der Waals surface area contributed by atoms with Crippen molar-refractivity contribution in [3.8, 4) is 0 Å². The predicted octanol–water partition coefficient (Wildman–Crippen LogP) is 2.89. The van der Waals surface area contributed by atoms with E-state index in [4.69, 9.17) is 4.52 Å². The van der Waals surface area contributed by atoms with Crippen LogP contribution in [0.5, 0.6) is 0 Å². The van der Waals surface area contributed by atoms with Crippen LogP contribution in [0.1, 0.15) is 47.4 Å². The quantitative estimate of drug-likeness (QED) is 0.736. The standard InChI is InChI=1S/C17H21N5O2/c1-10(2)22-16-13(8-18-22)7-15(12(4)19-16)17(23)21(5)9-14-6-11(3)24-20-14/h6-8,10H,9H2,1-5H3. The van der Waals surface area contributed by atoms with Gasteiger partial charge in [0, 0.05) is 24.5 Å². The van der Waals surface area contributed by atoms with Crippen LogP contribution in [0.25, 0.3) is 11.0 Å². The molecule has 0 fully saturated rings. The Morgan fingerprint density at radius 2 is 2.08 bits per heavy atom. The van der Waals surface area contributed by atoms with Crippen molar-refractivity contribution in [2.75, 3.05) is 7.05 Å². The van der Waals surface area contributed by atoms with Gasteiger partial charge in [-0.15, -0.1) is 0 Å². The lowest BCUT2D eigenvalue weighted by atomic mass is 10.1. The highest BCUT2D eigenvalue weighted by Crippen LogP contribution is 2.20. The molecular weight excluding hydrogens is 306 g/mol. The summed E-state index contributed by atoms with van der Waals surface area (Å²) in [5, 5.41) is 9.15. The molecule has 24 heavy (non-hydrogen) atoms. The smallest absolute Gasteiger partial charge is 0.255 e. The van der Waals surface area contributed by atoms with Crippen LogP contribution < -0.4 is 0 Å². The summed E-state index contributed by atoms with van der Waals surface area (Å²) in [7, 11) is 1.74. The Bertz CT molecular complexity index is 894. The predicted molar refractivity (Wildman–Crippen MR) is 89.7 cm³/mol. The first-order valence-electron chi connectivity index (χ1n) is 7.89. The van der Waals surface area contributed by atoms with Crippen LogP contribution in [0.3, 0.4) is 0 Å². The maximum atomic E-state index is 12.8. The van der Waals surface area contributed by atoms with Crippen LogP contribution >= 0.6 is 0 Å². The van der Waals surface area contributed by atoms with Crippen molar-refractivity contribution in [1.29, 1.82) is 0 Å². The van der Waals surface area contributed by atoms with Crippen molar-refractivity contribution in [3.05, 3.63) is 41.0 Å². The molecule has 0 radical (unpaired) electrons. The van der Waals surface area contributed by atoms with Gasteiger partial charge >= 0.3 is 0 Å². The molecule has 0 aliphatic carbocycles. The third-order valence-electron chi connectivity index (χ3n) is 3.90. The molecule has 0 unspecified atom stereocenters. The normalized spacial score (nSPS) is 11.4. The van der Waals surface area contributed by atoms with Crippen molar-refractivity contribution in [1.82, 2.24) is 24.8 Å². The van der Waals surface area contributed by atoms with E-state index in [2.05, 4.69) is 29.1 Å². The van der Waals surface area contributed by atoms with E-state index in [1.165, 1.54) is 0 Å². The van der Waals surface area contributed by atoms with Crippen molar-refractivity contribution in [3.63, 3.8) is 0 Å². The Kier molecular flexibility index (Phi) is 4.09. The highest BCUT2D eigenvalue weighted by Gasteiger charge is 2.19. The first-order valence-corrected chi connectivity index (χ1v) is 7.89. The first kappa shape index (κ1) is 16.2. The second-order valence-corrected chi connectivity index (χ2v) is 6.31. The minimum atomic E-state index is -0.0974. The topological polar surface area (TPSA) is 77.1 Å². The second kappa shape index (κ2) is 6.07. The van der Waals surface area contributed by atoms with Crippen molar-refractivity contribution in [2.24, 2.45) is 0 Å². The molecule has 0 aromatic carbocycles. The van der Waals surface area contributed by atoms with Gasteiger partial charge < -0.3 is 9.42 Å². The molecule has 7 nitrogen and oxygen atoms in total. The lowest BCUT2D eigenvalue weighted by Crippen LogP contribution is -2.27. The number of hydrogen-bond donors (Lipinski definition) is 0. The summed E-state index contributed by atoms with van der Waals surface area (Å²) in [6.45, 7) is 8.16. The van der Waals surface area contributed by atoms with E-state index in [0.29, 0.717) is 17.8 Å². The molecule has 0 saturated heterocycles. The average molecular weight is 327 g/mol. The molecule has 0 atom stereocenters. The number of aryl methyl sites for hydroxylation is 2. The van der Waals surface area contributed by atoms with Gasteiger partial charge in [-0.25, -0.2) is 9.67 Å². The van der Waals surface area contributed by atoms with Gasteiger partial charge in [-0.3, -0.25) is 4.79 Å². The highest BCUT2D eigenvalue weighted by atomic mass is 16.5. The minimum absolute atomic E-state index is 0.0974. The largest absolute Gasteiger partial charge is 0.361 e. The Morgan fingerprint density at radius 1 is 1.33 bits per heavy atom. The number of carbonyl (C=O) groups excluding carboxylic acids is 1. The molecule has 3 rings (SSSR count). The zero-order valence-electron chi connectivity index (χ0n) is 14.6. The van der Waals surface area contributed by atoms with E-state index in [0.717, 1.165) is 22.5 Å². The molecule has 7 heteroatoms. The summed E-state index contributed by atoms with van der Waals surface area (Å²) in [5.74, 6) is 0.631. The van der Waals surface area contributed by atoms with E-state index in [1.54, 1.807) is 18.1 Å². The number of amides is 1. The van der Waals surface area contributed by atoms with Crippen molar-refractivity contribution in [2.45, 2.75) is 40.3 Å².